The van der Waals surface area contributed by atoms with Crippen molar-refractivity contribution in [3.05, 3.63) is 24.0 Å². The molecule has 3 nitrogen and oxygen atoms in total. The smallest absolute Gasteiger partial charge is 0.160 e. The minimum Gasteiger partial charge on any atom is -0.342 e. The second-order valence-corrected chi connectivity index (χ2v) is 2.29. The highest BCUT2D eigenvalue weighted by atomic mass is 15.1. The minimum absolute atomic E-state index is 0.861. The molecule has 2 aromatic heterocycles. The molecule has 0 aliphatic heterocycles. The van der Waals surface area contributed by atoms with Crippen LogP contribution in [-0.4, -0.2) is 15.2 Å². The molecule has 3 heteroatoms. The van der Waals surface area contributed by atoms with Crippen LogP contribution in [-0.2, 0) is 0 Å². The van der Waals surface area contributed by atoms with Crippen LogP contribution < -0.4 is 0 Å². The van der Waals surface area contributed by atoms with Crippen LogP contribution in [0.15, 0.2) is 18.3 Å². The highest BCUT2D eigenvalue weighted by molar-refractivity contribution is 5.75. The average Bonchev–Trinajstić information content (AvgIpc) is 2.27. The Balaban J connectivity index is 2.88. The van der Waals surface area contributed by atoms with E-state index in [2.05, 4.69) is 15.2 Å². The van der Waals surface area contributed by atoms with E-state index < -0.39 is 0 Å². The van der Waals surface area contributed by atoms with Crippen LogP contribution in [0, 0.1) is 6.92 Å². The molecule has 0 aliphatic rings. The Hall–Kier alpha value is -1.38. The van der Waals surface area contributed by atoms with Crippen LogP contribution in [0.1, 0.15) is 5.69 Å². The van der Waals surface area contributed by atoms with Crippen molar-refractivity contribution in [2.45, 2.75) is 6.92 Å². The normalized spacial score (nSPS) is 10.5. The lowest BCUT2D eigenvalue weighted by molar-refractivity contribution is 1.05. The number of hydrogen-bond donors (Lipinski definition) is 1. The molecule has 0 atom stereocenters. The van der Waals surface area contributed by atoms with Crippen molar-refractivity contribution in [3.63, 3.8) is 0 Å². The Morgan fingerprint density at radius 1 is 1.50 bits per heavy atom. The topological polar surface area (TPSA) is 41.6 Å². The van der Waals surface area contributed by atoms with Gasteiger partial charge in [-0.1, -0.05) is 0 Å². The van der Waals surface area contributed by atoms with E-state index in [0.29, 0.717) is 0 Å². The quantitative estimate of drug-likeness (QED) is 0.588. The lowest BCUT2D eigenvalue weighted by Crippen LogP contribution is -1.78. The van der Waals surface area contributed by atoms with Crippen LogP contribution in [0.4, 0.5) is 0 Å². The fraction of sp³-hybridized carbons (Fsp3) is 0.143. The van der Waals surface area contributed by atoms with E-state index in [0.717, 1.165) is 16.7 Å². The summed E-state index contributed by atoms with van der Waals surface area (Å²) in [5.74, 6) is 0. The van der Waals surface area contributed by atoms with Gasteiger partial charge in [-0.05, 0) is 19.1 Å². The van der Waals surface area contributed by atoms with Gasteiger partial charge < -0.3 is 4.98 Å². The number of nitrogens with one attached hydrogen (secondary N) is 1. The standard InChI is InChI=1S/C7H7N3/c1-5-4-6-2-3-8-10-7(6)9-5/h2-4H,1H3,(H,9,10). The maximum atomic E-state index is 3.90. The maximum absolute atomic E-state index is 3.90. The van der Waals surface area contributed by atoms with Crippen molar-refractivity contribution >= 4 is 11.0 Å². The number of H-pyrrole nitrogens is 1. The monoisotopic (exact) mass is 133 g/mol. The van der Waals surface area contributed by atoms with Gasteiger partial charge >= 0.3 is 0 Å². The predicted octanol–water partition coefficient (Wildman–Crippen LogP) is 1.27. The number of fused-ring (bicyclic) bond motifs is 1. The Kier molecular flexibility index (Phi) is 0.974. The highest BCUT2D eigenvalue weighted by Gasteiger charge is 1.94. The number of aromatic nitrogens is 3. The fourth-order valence-electron chi connectivity index (χ4n) is 1.01. The third kappa shape index (κ3) is 0.673. The van der Waals surface area contributed by atoms with E-state index in [4.69, 9.17) is 0 Å². The molecule has 2 aromatic rings. The van der Waals surface area contributed by atoms with Crippen molar-refractivity contribution < 1.29 is 0 Å². The highest BCUT2D eigenvalue weighted by Crippen LogP contribution is 2.09. The fourth-order valence-corrected chi connectivity index (χ4v) is 1.01. The van der Waals surface area contributed by atoms with Gasteiger partial charge in [-0.2, -0.15) is 5.10 Å². The Labute approximate surface area is 58.1 Å². The molecular weight excluding hydrogens is 126 g/mol. The first-order valence-electron chi connectivity index (χ1n) is 3.13. The zero-order valence-corrected chi connectivity index (χ0v) is 5.63. The molecule has 1 N–H and O–H groups in total. The summed E-state index contributed by atoms with van der Waals surface area (Å²) in [4.78, 5) is 3.08. The third-order valence-electron chi connectivity index (χ3n) is 1.44. The van der Waals surface area contributed by atoms with Crippen molar-refractivity contribution in [2.75, 3.05) is 0 Å². The molecule has 0 amide bonds. The van der Waals surface area contributed by atoms with Gasteiger partial charge in [-0.25, -0.2) is 0 Å². The second-order valence-electron chi connectivity index (χ2n) is 2.29. The van der Waals surface area contributed by atoms with Gasteiger partial charge in [0.05, 0.1) is 6.20 Å². The molecule has 0 radical (unpaired) electrons. The van der Waals surface area contributed by atoms with Gasteiger partial charge in [0, 0.05) is 11.1 Å². The summed E-state index contributed by atoms with van der Waals surface area (Å²) in [5, 5.41) is 8.76. The van der Waals surface area contributed by atoms with Crippen LogP contribution in [0.5, 0.6) is 0 Å². The summed E-state index contributed by atoms with van der Waals surface area (Å²) >= 11 is 0. The van der Waals surface area contributed by atoms with E-state index in [1.54, 1.807) is 6.20 Å². The molecule has 0 bridgehead atoms. The van der Waals surface area contributed by atoms with Gasteiger partial charge in [0.25, 0.3) is 0 Å². The molecular formula is C7H7N3. The second kappa shape index (κ2) is 1.80. The Morgan fingerprint density at radius 2 is 2.40 bits per heavy atom. The number of hydrogen-bond acceptors (Lipinski definition) is 2. The Morgan fingerprint density at radius 3 is 3.20 bits per heavy atom. The molecule has 0 fully saturated rings. The summed E-state index contributed by atoms with van der Waals surface area (Å²) in [6, 6.07) is 3.98. The lowest BCUT2D eigenvalue weighted by atomic mass is 10.3. The molecule has 2 rings (SSSR count). The lowest BCUT2D eigenvalue weighted by Gasteiger charge is -1.81. The first-order valence-corrected chi connectivity index (χ1v) is 3.13. The molecule has 0 saturated carbocycles. The van der Waals surface area contributed by atoms with Gasteiger partial charge in [0.2, 0.25) is 0 Å². The summed E-state index contributed by atoms with van der Waals surface area (Å²) in [6.45, 7) is 2.00. The summed E-state index contributed by atoms with van der Waals surface area (Å²) in [7, 11) is 0. The first-order chi connectivity index (χ1) is 4.86. The van der Waals surface area contributed by atoms with E-state index >= 15 is 0 Å². The largest absolute Gasteiger partial charge is 0.342 e. The molecule has 0 unspecified atom stereocenters. The SMILES string of the molecule is Cc1cc2ccnnc2[nH]1. The van der Waals surface area contributed by atoms with E-state index in [-0.39, 0.29) is 0 Å². The van der Waals surface area contributed by atoms with Gasteiger partial charge in [0.1, 0.15) is 0 Å². The summed E-state index contributed by atoms with van der Waals surface area (Å²) in [6.07, 6.45) is 1.69. The van der Waals surface area contributed by atoms with E-state index in [1.807, 2.05) is 19.1 Å². The Bertz CT molecular complexity index is 317. The first kappa shape index (κ1) is 5.41. The van der Waals surface area contributed by atoms with Crippen molar-refractivity contribution in [1.82, 2.24) is 15.2 Å². The molecule has 0 spiro atoms. The van der Waals surface area contributed by atoms with Crippen LogP contribution in [0.3, 0.4) is 0 Å². The van der Waals surface area contributed by atoms with E-state index in [9.17, 15) is 0 Å². The average molecular weight is 133 g/mol. The van der Waals surface area contributed by atoms with Gasteiger partial charge in [-0.3, -0.25) is 0 Å². The zero-order valence-electron chi connectivity index (χ0n) is 5.63. The molecule has 10 heavy (non-hydrogen) atoms. The number of rotatable bonds is 0. The summed E-state index contributed by atoms with van der Waals surface area (Å²) < 4.78 is 0. The van der Waals surface area contributed by atoms with Gasteiger partial charge in [-0.15, -0.1) is 5.10 Å². The minimum atomic E-state index is 0.861. The third-order valence-corrected chi connectivity index (χ3v) is 1.44. The number of aryl methyl sites for hydroxylation is 1. The number of aromatic amines is 1. The molecule has 0 aromatic carbocycles. The van der Waals surface area contributed by atoms with E-state index in [1.165, 1.54) is 0 Å². The molecule has 0 saturated heterocycles. The zero-order chi connectivity index (χ0) is 6.97. The predicted molar refractivity (Wildman–Crippen MR) is 38.6 cm³/mol. The van der Waals surface area contributed by atoms with Crippen molar-refractivity contribution in [3.8, 4) is 0 Å². The summed E-state index contributed by atoms with van der Waals surface area (Å²) in [5.41, 5.74) is 1.98. The van der Waals surface area contributed by atoms with Crippen molar-refractivity contribution in [1.29, 1.82) is 0 Å². The van der Waals surface area contributed by atoms with Crippen LogP contribution in [0.25, 0.3) is 11.0 Å². The number of nitrogens with zero attached hydrogens (tertiary/aromatic N) is 2. The van der Waals surface area contributed by atoms with Crippen molar-refractivity contribution in [2.24, 2.45) is 0 Å². The van der Waals surface area contributed by atoms with Crippen LogP contribution >= 0.6 is 0 Å². The molecule has 50 valence electrons. The molecule has 0 aliphatic carbocycles. The van der Waals surface area contributed by atoms with Gasteiger partial charge in [0.15, 0.2) is 5.65 Å². The van der Waals surface area contributed by atoms with Crippen LogP contribution in [0.2, 0.25) is 0 Å². The molecule has 2 heterocycles. The maximum Gasteiger partial charge on any atom is 0.160 e.